The van der Waals surface area contributed by atoms with Crippen molar-refractivity contribution in [1.29, 1.82) is 0 Å². The summed E-state index contributed by atoms with van der Waals surface area (Å²) in [5, 5.41) is 0. The number of sulfonamides is 1. The maximum Gasteiger partial charge on any atom is 0.244 e. The Kier molecular flexibility index (Phi) is 5.45. The zero-order valence-corrected chi connectivity index (χ0v) is 15.6. The van der Waals surface area contributed by atoms with E-state index in [9.17, 15) is 8.42 Å². The molecule has 0 saturated carbocycles. The first-order valence-electron chi connectivity index (χ1n) is 8.82. The SMILES string of the molecule is CC[C@@H](NS(=O)(=O)c1cc2c(cc1OC)CCCC2)c1ccccc1. The normalized spacial score (nSPS) is 15.4. The molecule has 5 heteroatoms. The number of hydrogen-bond donors (Lipinski definition) is 1. The van der Waals surface area contributed by atoms with Crippen LogP contribution in [0.25, 0.3) is 0 Å². The fourth-order valence-corrected chi connectivity index (χ4v) is 4.94. The Morgan fingerprint density at radius 3 is 2.32 bits per heavy atom. The summed E-state index contributed by atoms with van der Waals surface area (Å²) in [7, 11) is -2.15. The van der Waals surface area contributed by atoms with Gasteiger partial charge >= 0.3 is 0 Å². The van der Waals surface area contributed by atoms with E-state index >= 15 is 0 Å². The molecular formula is C20H25NO3S. The summed E-state index contributed by atoms with van der Waals surface area (Å²) in [4.78, 5) is 0.241. The third-order valence-corrected chi connectivity index (χ3v) is 6.32. The summed E-state index contributed by atoms with van der Waals surface area (Å²) in [5.41, 5.74) is 3.29. The summed E-state index contributed by atoms with van der Waals surface area (Å²) in [6.45, 7) is 1.98. The monoisotopic (exact) mass is 359 g/mol. The molecular weight excluding hydrogens is 334 g/mol. The summed E-state index contributed by atoms with van der Waals surface area (Å²) in [5.74, 6) is 0.427. The van der Waals surface area contributed by atoms with Gasteiger partial charge in [-0.3, -0.25) is 0 Å². The highest BCUT2D eigenvalue weighted by atomic mass is 32.2. The molecule has 0 aromatic heterocycles. The van der Waals surface area contributed by atoms with Gasteiger partial charge in [-0.05, 0) is 60.9 Å². The predicted molar refractivity (Wildman–Crippen MR) is 99.4 cm³/mol. The number of fused-ring (bicyclic) bond motifs is 1. The highest BCUT2D eigenvalue weighted by Crippen LogP contribution is 2.33. The maximum atomic E-state index is 13.0. The Hall–Kier alpha value is -1.85. The Labute approximate surface area is 150 Å². The van der Waals surface area contributed by atoms with Crippen molar-refractivity contribution in [3.63, 3.8) is 0 Å². The van der Waals surface area contributed by atoms with Gasteiger partial charge in [-0.25, -0.2) is 13.1 Å². The van der Waals surface area contributed by atoms with Gasteiger partial charge in [0, 0.05) is 6.04 Å². The van der Waals surface area contributed by atoms with E-state index in [1.165, 1.54) is 12.7 Å². The summed E-state index contributed by atoms with van der Waals surface area (Å²) in [6, 6.07) is 13.1. The smallest absolute Gasteiger partial charge is 0.244 e. The first kappa shape index (κ1) is 18.0. The second-order valence-corrected chi connectivity index (χ2v) is 8.15. The fraction of sp³-hybridized carbons (Fsp3) is 0.400. The fourth-order valence-electron chi connectivity index (χ4n) is 3.43. The summed E-state index contributed by atoms with van der Waals surface area (Å²) in [6.07, 6.45) is 4.84. The zero-order chi connectivity index (χ0) is 17.9. The van der Waals surface area contributed by atoms with Gasteiger partial charge in [0.25, 0.3) is 0 Å². The van der Waals surface area contributed by atoms with Gasteiger partial charge in [0.2, 0.25) is 10.0 Å². The molecule has 0 fully saturated rings. The van der Waals surface area contributed by atoms with Crippen LogP contribution in [0.2, 0.25) is 0 Å². The molecule has 4 nitrogen and oxygen atoms in total. The van der Waals surface area contributed by atoms with Crippen LogP contribution < -0.4 is 9.46 Å². The van der Waals surface area contributed by atoms with E-state index in [0.29, 0.717) is 12.2 Å². The second kappa shape index (κ2) is 7.58. The molecule has 0 heterocycles. The minimum absolute atomic E-state index is 0.241. The van der Waals surface area contributed by atoms with Gasteiger partial charge in [0.05, 0.1) is 7.11 Å². The molecule has 134 valence electrons. The van der Waals surface area contributed by atoms with Gasteiger partial charge in [-0.1, -0.05) is 37.3 Å². The molecule has 0 spiro atoms. The van der Waals surface area contributed by atoms with Crippen LogP contribution in [0.4, 0.5) is 0 Å². The number of aryl methyl sites for hydroxylation is 2. The third kappa shape index (κ3) is 3.88. The molecule has 0 saturated heterocycles. The number of methoxy groups -OCH3 is 1. The second-order valence-electron chi connectivity index (χ2n) is 6.47. The molecule has 25 heavy (non-hydrogen) atoms. The molecule has 0 unspecified atom stereocenters. The van der Waals surface area contributed by atoms with Crippen LogP contribution in [0.3, 0.4) is 0 Å². The maximum absolute atomic E-state index is 13.0. The molecule has 0 bridgehead atoms. The van der Waals surface area contributed by atoms with E-state index in [-0.39, 0.29) is 10.9 Å². The minimum atomic E-state index is -3.67. The average Bonchev–Trinajstić information content (AvgIpc) is 2.65. The molecule has 1 N–H and O–H groups in total. The van der Waals surface area contributed by atoms with Crippen molar-refractivity contribution in [3.05, 3.63) is 59.2 Å². The van der Waals surface area contributed by atoms with Crippen LogP contribution in [-0.2, 0) is 22.9 Å². The molecule has 1 aliphatic carbocycles. The van der Waals surface area contributed by atoms with E-state index in [1.807, 2.05) is 43.3 Å². The summed E-state index contributed by atoms with van der Waals surface area (Å²) < 4.78 is 34.3. The molecule has 0 aliphatic heterocycles. The molecule has 2 aromatic rings. The van der Waals surface area contributed by atoms with Crippen molar-refractivity contribution in [2.24, 2.45) is 0 Å². The van der Waals surface area contributed by atoms with Crippen molar-refractivity contribution in [2.75, 3.05) is 7.11 Å². The standard InChI is InChI=1S/C20H25NO3S/c1-3-18(15-9-5-4-6-10-15)21-25(22,23)20-14-17-12-8-7-11-16(17)13-19(20)24-2/h4-6,9-10,13-14,18,21H,3,7-8,11-12H2,1-2H3/t18-/m1/s1. The van der Waals surface area contributed by atoms with Gasteiger partial charge in [-0.15, -0.1) is 0 Å². The van der Waals surface area contributed by atoms with Gasteiger partial charge in [0.15, 0.2) is 0 Å². The van der Waals surface area contributed by atoms with Gasteiger partial charge in [0.1, 0.15) is 10.6 Å². The van der Waals surface area contributed by atoms with E-state index < -0.39 is 10.0 Å². The Morgan fingerprint density at radius 1 is 1.08 bits per heavy atom. The van der Waals surface area contributed by atoms with Crippen molar-refractivity contribution in [2.45, 2.75) is 50.0 Å². The summed E-state index contributed by atoms with van der Waals surface area (Å²) >= 11 is 0. The van der Waals surface area contributed by atoms with Crippen molar-refractivity contribution in [3.8, 4) is 5.75 Å². The number of rotatable bonds is 6. The van der Waals surface area contributed by atoms with Crippen LogP contribution >= 0.6 is 0 Å². The number of nitrogens with one attached hydrogen (secondary N) is 1. The topological polar surface area (TPSA) is 55.4 Å². The number of hydrogen-bond acceptors (Lipinski definition) is 3. The molecule has 2 aromatic carbocycles. The van der Waals surface area contributed by atoms with Crippen molar-refractivity contribution < 1.29 is 13.2 Å². The molecule has 1 atom stereocenters. The molecule has 0 radical (unpaired) electrons. The van der Waals surface area contributed by atoms with Gasteiger partial charge in [-0.2, -0.15) is 0 Å². The first-order valence-corrected chi connectivity index (χ1v) is 10.3. The first-order chi connectivity index (χ1) is 12.0. The van der Waals surface area contributed by atoms with Crippen LogP contribution in [0, 0.1) is 0 Å². The van der Waals surface area contributed by atoms with Crippen LogP contribution in [-0.4, -0.2) is 15.5 Å². The van der Waals surface area contributed by atoms with E-state index in [4.69, 9.17) is 4.74 Å². The molecule has 0 amide bonds. The Balaban J connectivity index is 1.96. The van der Waals surface area contributed by atoms with E-state index in [0.717, 1.165) is 36.8 Å². The van der Waals surface area contributed by atoms with Crippen LogP contribution in [0.1, 0.15) is 48.9 Å². The van der Waals surface area contributed by atoms with Crippen LogP contribution in [0.5, 0.6) is 5.75 Å². The Bertz CT molecular complexity index is 832. The van der Waals surface area contributed by atoms with E-state index in [2.05, 4.69) is 4.72 Å². The molecule has 3 rings (SSSR count). The molecule has 1 aliphatic rings. The zero-order valence-electron chi connectivity index (χ0n) is 14.8. The quantitative estimate of drug-likeness (QED) is 0.848. The third-order valence-electron chi connectivity index (χ3n) is 4.83. The van der Waals surface area contributed by atoms with E-state index in [1.54, 1.807) is 6.07 Å². The van der Waals surface area contributed by atoms with Gasteiger partial charge < -0.3 is 4.74 Å². The number of ether oxygens (including phenoxy) is 1. The highest BCUT2D eigenvalue weighted by Gasteiger charge is 2.26. The predicted octanol–water partition coefficient (Wildman–Crippen LogP) is 4.00. The van der Waals surface area contributed by atoms with Crippen molar-refractivity contribution >= 4 is 10.0 Å². The number of benzene rings is 2. The lowest BCUT2D eigenvalue weighted by atomic mass is 9.92. The van der Waals surface area contributed by atoms with Crippen LogP contribution in [0.15, 0.2) is 47.4 Å². The minimum Gasteiger partial charge on any atom is -0.495 e. The van der Waals surface area contributed by atoms with Crippen molar-refractivity contribution in [1.82, 2.24) is 4.72 Å². The lowest BCUT2D eigenvalue weighted by molar-refractivity contribution is 0.400. The lowest BCUT2D eigenvalue weighted by Gasteiger charge is -2.22. The highest BCUT2D eigenvalue weighted by molar-refractivity contribution is 7.89. The largest absolute Gasteiger partial charge is 0.495 e. The average molecular weight is 359 g/mol. The Morgan fingerprint density at radius 2 is 1.72 bits per heavy atom. The lowest BCUT2D eigenvalue weighted by Crippen LogP contribution is -2.29.